The first-order chi connectivity index (χ1) is 8.62. The van der Waals surface area contributed by atoms with Crippen LogP contribution in [0.2, 0.25) is 0 Å². The van der Waals surface area contributed by atoms with Gasteiger partial charge < -0.3 is 0 Å². The van der Waals surface area contributed by atoms with Gasteiger partial charge in [0.2, 0.25) is 0 Å². The Morgan fingerprint density at radius 1 is 1.06 bits per heavy atom. The average molecular weight is 267 g/mol. The smallest absolute Gasteiger partial charge is 0.0987 e. The molecule has 0 fully saturated rings. The quantitative estimate of drug-likeness (QED) is 0.510. The van der Waals surface area contributed by atoms with Crippen molar-refractivity contribution in [2.75, 3.05) is 0 Å². The van der Waals surface area contributed by atoms with Gasteiger partial charge in [-0.2, -0.15) is 0 Å². The van der Waals surface area contributed by atoms with Crippen LogP contribution in [-0.2, 0) is 5.41 Å². The number of nitrogens with zero attached hydrogens (tertiary/aromatic N) is 1. The largest absolute Gasteiger partial charge is 0.246 e. The lowest BCUT2D eigenvalue weighted by Crippen LogP contribution is -2.22. The molecule has 0 aliphatic rings. The number of hydrogen-bond donors (Lipinski definition) is 0. The van der Waals surface area contributed by atoms with Crippen molar-refractivity contribution in [3.63, 3.8) is 0 Å². The van der Waals surface area contributed by atoms with Gasteiger partial charge in [0.05, 0.1) is 5.01 Å². The minimum atomic E-state index is 0.322. The third-order valence-electron chi connectivity index (χ3n) is 3.80. The Labute approximate surface area is 117 Å². The van der Waals surface area contributed by atoms with Crippen molar-refractivity contribution in [1.82, 2.24) is 4.98 Å². The summed E-state index contributed by atoms with van der Waals surface area (Å²) < 4.78 is 0. The molecule has 1 atom stereocenters. The molecule has 0 saturated carbocycles. The van der Waals surface area contributed by atoms with Gasteiger partial charge in [0, 0.05) is 16.5 Å². The fourth-order valence-electron chi connectivity index (χ4n) is 2.48. The average Bonchev–Trinajstić information content (AvgIpc) is 2.80. The van der Waals surface area contributed by atoms with Crippen LogP contribution in [0.1, 0.15) is 82.8 Å². The molecule has 0 spiro atoms. The van der Waals surface area contributed by atoms with Crippen LogP contribution in [0.15, 0.2) is 5.38 Å². The van der Waals surface area contributed by atoms with E-state index in [2.05, 4.69) is 33.1 Å². The minimum Gasteiger partial charge on any atom is -0.246 e. The second-order valence-electron chi connectivity index (χ2n) is 5.77. The van der Waals surface area contributed by atoms with Crippen molar-refractivity contribution in [1.29, 1.82) is 0 Å². The first kappa shape index (κ1) is 15.7. The highest BCUT2D eigenvalue weighted by atomic mass is 32.1. The van der Waals surface area contributed by atoms with Crippen molar-refractivity contribution < 1.29 is 0 Å². The van der Waals surface area contributed by atoms with Crippen LogP contribution in [0.4, 0.5) is 0 Å². The molecule has 0 radical (unpaired) electrons. The molecule has 104 valence electrons. The minimum absolute atomic E-state index is 0.322. The first-order valence-corrected chi connectivity index (χ1v) is 8.43. The van der Waals surface area contributed by atoms with Gasteiger partial charge in [-0.1, -0.05) is 59.3 Å². The van der Waals surface area contributed by atoms with Crippen LogP contribution in [0.25, 0.3) is 0 Å². The van der Waals surface area contributed by atoms with Crippen LogP contribution in [0.5, 0.6) is 0 Å². The second kappa shape index (κ2) is 7.93. The third kappa shape index (κ3) is 4.72. The molecule has 1 nitrogen and oxygen atoms in total. The summed E-state index contributed by atoms with van der Waals surface area (Å²) in [6.07, 6.45) is 10.6. The molecule has 0 bridgehead atoms. The van der Waals surface area contributed by atoms with Crippen LogP contribution in [-0.4, -0.2) is 4.98 Å². The number of thiazole rings is 1. The first-order valence-electron chi connectivity index (χ1n) is 7.55. The standard InChI is InChI=1S/C16H29NS/c1-5-7-9-10-12-16(4,11-8-6-2)15-17-14(3)13-18-15/h13H,5-12H2,1-4H3. The van der Waals surface area contributed by atoms with Gasteiger partial charge in [-0.05, 0) is 19.8 Å². The fraction of sp³-hybridized carbons (Fsp3) is 0.812. The molecule has 1 unspecified atom stereocenters. The molecule has 0 N–H and O–H groups in total. The summed E-state index contributed by atoms with van der Waals surface area (Å²) in [7, 11) is 0. The molecule has 1 heterocycles. The summed E-state index contributed by atoms with van der Waals surface area (Å²) in [5.41, 5.74) is 1.51. The molecule has 1 aromatic heterocycles. The predicted octanol–water partition coefficient (Wildman–Crippen LogP) is 5.87. The monoisotopic (exact) mass is 267 g/mol. The zero-order valence-corrected chi connectivity index (χ0v) is 13.4. The normalized spacial score (nSPS) is 14.7. The highest BCUT2D eigenvalue weighted by Gasteiger charge is 2.28. The molecule has 2 heteroatoms. The Bertz CT molecular complexity index is 332. The van der Waals surface area contributed by atoms with Crippen LogP contribution < -0.4 is 0 Å². The maximum Gasteiger partial charge on any atom is 0.0987 e. The van der Waals surface area contributed by atoms with Gasteiger partial charge >= 0.3 is 0 Å². The van der Waals surface area contributed by atoms with E-state index in [9.17, 15) is 0 Å². The molecule has 18 heavy (non-hydrogen) atoms. The second-order valence-corrected chi connectivity index (χ2v) is 6.63. The molecule has 0 amide bonds. The number of aryl methyl sites for hydroxylation is 1. The van der Waals surface area contributed by atoms with Crippen LogP contribution >= 0.6 is 11.3 Å². The van der Waals surface area contributed by atoms with Gasteiger partial charge in [0.1, 0.15) is 0 Å². The maximum atomic E-state index is 4.75. The Morgan fingerprint density at radius 2 is 1.72 bits per heavy atom. The van der Waals surface area contributed by atoms with E-state index >= 15 is 0 Å². The summed E-state index contributed by atoms with van der Waals surface area (Å²) in [5, 5.41) is 3.57. The summed E-state index contributed by atoms with van der Waals surface area (Å²) in [6.45, 7) is 9.09. The zero-order chi connectivity index (χ0) is 13.4. The summed E-state index contributed by atoms with van der Waals surface area (Å²) >= 11 is 1.86. The Morgan fingerprint density at radius 3 is 2.28 bits per heavy atom. The maximum absolute atomic E-state index is 4.75. The summed E-state index contributed by atoms with van der Waals surface area (Å²) in [4.78, 5) is 4.75. The Balaban J connectivity index is 2.62. The molecule has 0 saturated heterocycles. The molecule has 0 aromatic carbocycles. The van der Waals surface area contributed by atoms with Gasteiger partial charge in [-0.15, -0.1) is 11.3 Å². The van der Waals surface area contributed by atoms with Crippen LogP contribution in [0.3, 0.4) is 0 Å². The van der Waals surface area contributed by atoms with Gasteiger partial charge in [-0.3, -0.25) is 0 Å². The molecule has 1 aromatic rings. The van der Waals surface area contributed by atoms with Gasteiger partial charge in [-0.25, -0.2) is 4.98 Å². The van der Waals surface area contributed by atoms with E-state index in [0.29, 0.717) is 5.41 Å². The van der Waals surface area contributed by atoms with Crippen LogP contribution in [0, 0.1) is 6.92 Å². The number of aromatic nitrogens is 1. The fourth-order valence-corrected chi connectivity index (χ4v) is 3.50. The lowest BCUT2D eigenvalue weighted by atomic mass is 9.80. The number of unbranched alkanes of at least 4 members (excludes halogenated alkanes) is 4. The van der Waals surface area contributed by atoms with Gasteiger partial charge in [0.15, 0.2) is 0 Å². The zero-order valence-electron chi connectivity index (χ0n) is 12.6. The highest BCUT2D eigenvalue weighted by Crippen LogP contribution is 2.36. The summed E-state index contributed by atoms with van der Waals surface area (Å²) in [6, 6.07) is 0. The SMILES string of the molecule is CCCCCCC(C)(CCCC)c1nc(C)cs1. The van der Waals surface area contributed by atoms with E-state index in [1.807, 2.05) is 11.3 Å². The molecular weight excluding hydrogens is 238 g/mol. The van der Waals surface area contributed by atoms with E-state index in [1.165, 1.54) is 62.1 Å². The number of hydrogen-bond acceptors (Lipinski definition) is 2. The molecule has 0 aliphatic carbocycles. The van der Waals surface area contributed by atoms with Crippen molar-refractivity contribution in [3.05, 3.63) is 16.1 Å². The van der Waals surface area contributed by atoms with E-state index in [0.717, 1.165) is 0 Å². The van der Waals surface area contributed by atoms with Crippen molar-refractivity contribution in [2.45, 2.75) is 84.5 Å². The van der Waals surface area contributed by atoms with E-state index in [4.69, 9.17) is 4.98 Å². The van der Waals surface area contributed by atoms with Crippen molar-refractivity contribution >= 4 is 11.3 Å². The van der Waals surface area contributed by atoms with E-state index in [-0.39, 0.29) is 0 Å². The molecular formula is C16H29NS. The highest BCUT2D eigenvalue weighted by molar-refractivity contribution is 7.09. The van der Waals surface area contributed by atoms with Crippen molar-refractivity contribution in [2.24, 2.45) is 0 Å². The molecule has 1 rings (SSSR count). The lowest BCUT2D eigenvalue weighted by Gasteiger charge is -2.27. The predicted molar refractivity (Wildman–Crippen MR) is 82.5 cm³/mol. The van der Waals surface area contributed by atoms with E-state index in [1.54, 1.807) is 0 Å². The Kier molecular flexibility index (Phi) is 6.91. The molecule has 0 aliphatic heterocycles. The topological polar surface area (TPSA) is 12.9 Å². The lowest BCUT2D eigenvalue weighted by molar-refractivity contribution is 0.367. The number of rotatable bonds is 9. The third-order valence-corrected chi connectivity index (χ3v) is 5.07. The van der Waals surface area contributed by atoms with Crippen molar-refractivity contribution in [3.8, 4) is 0 Å². The Hall–Kier alpha value is -0.370. The van der Waals surface area contributed by atoms with E-state index < -0.39 is 0 Å². The summed E-state index contributed by atoms with van der Waals surface area (Å²) in [5.74, 6) is 0. The van der Waals surface area contributed by atoms with Gasteiger partial charge in [0.25, 0.3) is 0 Å².